The third kappa shape index (κ3) is 17.2. The van der Waals surface area contributed by atoms with Crippen LogP contribution in [0.15, 0.2) is 219 Å². The zero-order valence-corrected chi connectivity index (χ0v) is 67.9. The predicted molar refractivity (Wildman–Crippen MR) is 430 cm³/mol. The standard InChI is InChI=1S/3C21H21F3N2O2S.C20H18BrF3N2O2S/c3*1-15-7-5-8-16(13-15)29(27,28)26-14-17(21(22,23)24)20-18(9-6-10-19(20)26)25-11-3-2-4-12-25;21-15-7-2-3-10-18(15)29(27,28)26-13-14(20(22,23)24)19-16(8-6-9-17(19)26)25-11-4-1-5-12-25/h3*5-10,13-14H,2-4,11-12H2,1H3;2-3,6-10,13H,1,4-5,11-12H2. The molecular weight excluding hydrogens is 1670 g/mol. The topological polar surface area (TPSA) is 169 Å². The maximum atomic E-state index is 13.9. The molecule has 0 saturated carbocycles. The number of halogens is 13. The number of fused-ring (bicyclic) bond motifs is 4. The Morgan fingerprint density at radius 3 is 0.724 bits per heavy atom. The molecular formula is C83H81BrF12N8O8S4. The van der Waals surface area contributed by atoms with Gasteiger partial charge >= 0.3 is 24.7 Å². The Balaban J connectivity index is 0.000000135. The third-order valence-corrected chi connectivity index (χ3v) is 28.8. The minimum Gasteiger partial charge on any atom is -0.371 e. The van der Waals surface area contributed by atoms with E-state index in [-0.39, 0.29) is 63.2 Å². The maximum Gasteiger partial charge on any atom is 0.418 e. The van der Waals surface area contributed by atoms with E-state index in [1.54, 1.807) is 118 Å². The van der Waals surface area contributed by atoms with E-state index in [4.69, 9.17) is 0 Å². The number of nitrogens with zero attached hydrogens (tertiary/aromatic N) is 8. The van der Waals surface area contributed by atoms with Gasteiger partial charge in [0.25, 0.3) is 40.1 Å². The quantitative estimate of drug-likeness (QED) is 0.106. The zero-order chi connectivity index (χ0) is 83.2. The maximum absolute atomic E-state index is 13.9. The summed E-state index contributed by atoms with van der Waals surface area (Å²) in [6.07, 6.45) is -4.46. The van der Waals surface area contributed by atoms with Gasteiger partial charge < -0.3 is 19.6 Å². The molecule has 0 N–H and O–H groups in total. The van der Waals surface area contributed by atoms with Crippen LogP contribution in [-0.4, -0.2) is 102 Å². The molecule has 16 nitrogen and oxygen atoms in total. The molecule has 4 aromatic heterocycles. The first-order valence-corrected chi connectivity index (χ1v) is 44.2. The molecule has 4 fully saturated rings. The van der Waals surface area contributed by atoms with Crippen molar-refractivity contribution >= 4 is 122 Å². The lowest BCUT2D eigenvalue weighted by Gasteiger charge is -2.30. The van der Waals surface area contributed by atoms with E-state index >= 15 is 0 Å². The average Bonchev–Trinajstić information content (AvgIpc) is 1.58. The highest BCUT2D eigenvalue weighted by Crippen LogP contribution is 2.48. The molecule has 16 rings (SSSR count). The highest BCUT2D eigenvalue weighted by molar-refractivity contribution is 9.10. The molecule has 0 amide bonds. The number of hydrogen-bond donors (Lipinski definition) is 0. The lowest BCUT2D eigenvalue weighted by Crippen LogP contribution is -2.29. The summed E-state index contributed by atoms with van der Waals surface area (Å²) >= 11 is 3.19. The molecule has 116 heavy (non-hydrogen) atoms. The summed E-state index contributed by atoms with van der Waals surface area (Å²) in [5.41, 5.74) is 0.322. The molecule has 0 atom stereocenters. The first kappa shape index (κ1) is 84.5. The van der Waals surface area contributed by atoms with Gasteiger partial charge in [-0.25, -0.2) is 49.6 Å². The summed E-state index contributed by atoms with van der Waals surface area (Å²) in [7, 11) is -16.8. The van der Waals surface area contributed by atoms with E-state index in [1.165, 1.54) is 72.8 Å². The van der Waals surface area contributed by atoms with Crippen LogP contribution in [0.4, 0.5) is 75.4 Å². The normalized spacial score (nSPS) is 15.8. The van der Waals surface area contributed by atoms with Crippen LogP contribution < -0.4 is 19.6 Å². The second-order valence-corrected chi connectivity index (χ2v) is 37.2. The number of aryl methyl sites for hydroxylation is 3. The number of aromatic nitrogens is 4. The smallest absolute Gasteiger partial charge is 0.371 e. The van der Waals surface area contributed by atoms with Gasteiger partial charge in [-0.2, -0.15) is 52.7 Å². The molecule has 8 heterocycles. The molecule has 4 aliphatic heterocycles. The largest absolute Gasteiger partial charge is 0.418 e. The van der Waals surface area contributed by atoms with Crippen molar-refractivity contribution in [2.45, 2.75) is 142 Å². The summed E-state index contributed by atoms with van der Waals surface area (Å²) < 4.78 is 276. The van der Waals surface area contributed by atoms with Gasteiger partial charge in [-0.15, -0.1) is 0 Å². The van der Waals surface area contributed by atoms with Gasteiger partial charge in [0.2, 0.25) is 0 Å². The van der Waals surface area contributed by atoms with Crippen LogP contribution in [0.3, 0.4) is 0 Å². The predicted octanol–water partition coefficient (Wildman–Crippen LogP) is 21.2. The van der Waals surface area contributed by atoms with Gasteiger partial charge in [0, 0.05) is 126 Å². The Morgan fingerprint density at radius 1 is 0.276 bits per heavy atom. The summed E-state index contributed by atoms with van der Waals surface area (Å²) in [6.45, 7) is 10.5. The van der Waals surface area contributed by atoms with Crippen LogP contribution in [0.2, 0.25) is 0 Å². The lowest BCUT2D eigenvalue weighted by molar-refractivity contribution is -0.137. The van der Waals surface area contributed by atoms with Crippen molar-refractivity contribution in [2.75, 3.05) is 72.0 Å². The Hall–Kier alpha value is -9.44. The van der Waals surface area contributed by atoms with Gasteiger partial charge in [-0.3, -0.25) is 0 Å². The van der Waals surface area contributed by atoms with Crippen molar-refractivity contribution in [1.82, 2.24) is 15.9 Å². The summed E-state index contributed by atoms with van der Waals surface area (Å²) in [5, 5.41) is -0.244. The van der Waals surface area contributed by atoms with E-state index in [2.05, 4.69) is 15.9 Å². The molecule has 8 aromatic carbocycles. The van der Waals surface area contributed by atoms with Gasteiger partial charge in [0.05, 0.1) is 59.0 Å². The van der Waals surface area contributed by atoms with E-state index < -0.39 is 87.1 Å². The van der Waals surface area contributed by atoms with Crippen molar-refractivity contribution in [3.05, 3.63) is 238 Å². The van der Waals surface area contributed by atoms with Gasteiger partial charge in [-0.1, -0.05) is 72.8 Å². The first-order chi connectivity index (χ1) is 54.8. The fraction of sp³-hybridized carbons (Fsp3) is 0.325. The van der Waals surface area contributed by atoms with Crippen molar-refractivity contribution in [3.63, 3.8) is 0 Å². The monoisotopic (exact) mass is 1750 g/mol. The third-order valence-electron chi connectivity index (χ3n) is 21.1. The van der Waals surface area contributed by atoms with E-state index in [0.29, 0.717) is 102 Å². The molecule has 4 aliphatic rings. The molecule has 0 bridgehead atoms. The molecule has 0 radical (unpaired) electrons. The molecule has 33 heteroatoms. The van der Waals surface area contributed by atoms with Gasteiger partial charge in [0.15, 0.2) is 0 Å². The summed E-state index contributed by atoms with van der Waals surface area (Å²) in [5.74, 6) is 0. The molecule has 0 unspecified atom stereocenters. The van der Waals surface area contributed by atoms with Gasteiger partial charge in [0.1, 0.15) is 4.90 Å². The minimum atomic E-state index is -4.68. The zero-order valence-electron chi connectivity index (χ0n) is 63.0. The Morgan fingerprint density at radius 2 is 0.500 bits per heavy atom. The van der Waals surface area contributed by atoms with E-state index in [9.17, 15) is 86.4 Å². The molecule has 12 aromatic rings. The van der Waals surface area contributed by atoms with Crippen molar-refractivity contribution in [3.8, 4) is 0 Å². The van der Waals surface area contributed by atoms with E-state index in [0.717, 1.165) is 112 Å². The van der Waals surface area contributed by atoms with E-state index in [1.807, 2.05) is 19.6 Å². The lowest BCUT2D eigenvalue weighted by atomic mass is 10.1. The van der Waals surface area contributed by atoms with Crippen molar-refractivity contribution < 1.29 is 86.4 Å². The number of benzene rings is 8. The number of hydrogen-bond acceptors (Lipinski definition) is 12. The number of anilines is 4. The van der Waals surface area contributed by atoms with Crippen molar-refractivity contribution in [1.29, 1.82) is 0 Å². The number of rotatable bonds is 12. The second-order valence-electron chi connectivity index (χ2n) is 29.1. The highest BCUT2D eigenvalue weighted by atomic mass is 79.9. The Labute approximate surface area is 672 Å². The average molecular weight is 1750 g/mol. The fourth-order valence-corrected chi connectivity index (χ4v) is 22.4. The van der Waals surface area contributed by atoms with Crippen LogP contribution in [0.25, 0.3) is 43.6 Å². The molecule has 616 valence electrons. The van der Waals surface area contributed by atoms with Crippen LogP contribution in [-0.2, 0) is 64.8 Å². The molecule has 0 aliphatic carbocycles. The second kappa shape index (κ2) is 33.2. The van der Waals surface area contributed by atoms with Crippen LogP contribution in [0, 0.1) is 20.8 Å². The van der Waals surface area contributed by atoms with Crippen LogP contribution >= 0.6 is 15.9 Å². The molecule has 0 spiro atoms. The Kier molecular flexibility index (Phi) is 24.1. The summed E-state index contributed by atoms with van der Waals surface area (Å²) in [4.78, 5) is 7.48. The number of piperidine rings is 4. The van der Waals surface area contributed by atoms with Gasteiger partial charge in [-0.05, 0) is 228 Å². The highest BCUT2D eigenvalue weighted by Gasteiger charge is 2.43. The summed E-state index contributed by atoms with van der Waals surface area (Å²) in [6, 6.07) is 43.4. The molecule has 4 saturated heterocycles. The Bertz CT molecular complexity index is 5690. The minimum absolute atomic E-state index is 0.0242. The van der Waals surface area contributed by atoms with Crippen LogP contribution in [0.5, 0.6) is 0 Å². The first-order valence-electron chi connectivity index (χ1n) is 37.6. The van der Waals surface area contributed by atoms with Crippen LogP contribution in [0.1, 0.15) is 116 Å². The van der Waals surface area contributed by atoms with Crippen molar-refractivity contribution in [2.24, 2.45) is 0 Å². The fourth-order valence-electron chi connectivity index (χ4n) is 15.6. The number of alkyl halides is 12. The SMILES string of the molecule is Cc1cccc(S(=O)(=O)n2cc(C(F)(F)F)c3c(N4CCCCC4)cccc32)c1.Cc1cccc(S(=O)(=O)n2cc(C(F)(F)F)c3c(N4CCCCC4)cccc32)c1.Cc1cccc(S(=O)(=O)n2cc(C(F)(F)F)c3c(N4CCCCC4)cccc32)c1.O=S(=O)(c1ccccc1Br)n1cc(C(F)(F)F)c2c(N3CCCCC3)cccc21.